The lowest BCUT2D eigenvalue weighted by molar-refractivity contribution is 1.10. The van der Waals surface area contributed by atoms with Crippen molar-refractivity contribution >= 4 is 23.5 Å². The first-order valence-corrected chi connectivity index (χ1v) is 3.36. The van der Waals surface area contributed by atoms with E-state index in [2.05, 4.69) is 18.0 Å². The zero-order valence-corrected chi connectivity index (χ0v) is 6.06. The molecule has 0 radical (unpaired) electrons. The van der Waals surface area contributed by atoms with Crippen molar-refractivity contribution in [3.8, 4) is 0 Å². The molecular formula is C5H8ClNS. The van der Waals surface area contributed by atoms with Crippen LogP contribution >= 0.6 is 23.5 Å². The fourth-order valence-electron chi connectivity index (χ4n) is 0.234. The molecule has 0 fully saturated rings. The molecule has 3 heteroatoms. The van der Waals surface area contributed by atoms with Crippen LogP contribution in [0.5, 0.6) is 0 Å². The van der Waals surface area contributed by atoms with Crippen LogP contribution in [0.4, 0.5) is 0 Å². The van der Waals surface area contributed by atoms with Crippen LogP contribution in [-0.2, 0) is 0 Å². The van der Waals surface area contributed by atoms with Gasteiger partial charge in [0.1, 0.15) is 0 Å². The highest BCUT2D eigenvalue weighted by Crippen LogP contribution is 2.11. The minimum atomic E-state index is 0.623. The van der Waals surface area contributed by atoms with Crippen molar-refractivity contribution in [2.75, 3.05) is 6.54 Å². The maximum Gasteiger partial charge on any atom is 0.0416 e. The molecular weight excluding hydrogens is 142 g/mol. The Hall–Kier alpha value is 0.0800. The molecule has 0 aromatic heterocycles. The predicted molar refractivity (Wildman–Crippen MR) is 40.8 cm³/mol. The lowest BCUT2D eigenvalue weighted by Crippen LogP contribution is -1.99. The van der Waals surface area contributed by atoms with E-state index in [1.807, 2.05) is 0 Å². The zero-order valence-electron chi connectivity index (χ0n) is 4.48. The molecule has 0 aromatic carbocycles. The maximum absolute atomic E-state index is 5.17. The van der Waals surface area contributed by atoms with E-state index in [-0.39, 0.29) is 0 Å². The molecule has 0 spiro atoms. The van der Waals surface area contributed by atoms with Crippen LogP contribution in [0, 0.1) is 0 Å². The van der Waals surface area contributed by atoms with E-state index >= 15 is 0 Å². The normalized spacial score (nSPS) is 8.62. The Bertz CT molecular complexity index is 92.4. The van der Waals surface area contributed by atoms with E-state index in [9.17, 15) is 0 Å². The van der Waals surface area contributed by atoms with Gasteiger partial charge in [-0.3, -0.25) is 0 Å². The van der Waals surface area contributed by atoms with Gasteiger partial charge < -0.3 is 0 Å². The Morgan fingerprint density at radius 3 is 2.88 bits per heavy atom. The van der Waals surface area contributed by atoms with Crippen molar-refractivity contribution in [1.29, 1.82) is 0 Å². The van der Waals surface area contributed by atoms with Crippen molar-refractivity contribution < 1.29 is 0 Å². The van der Waals surface area contributed by atoms with Gasteiger partial charge in [0.2, 0.25) is 0 Å². The van der Waals surface area contributed by atoms with E-state index in [4.69, 9.17) is 11.8 Å². The second-order valence-corrected chi connectivity index (χ2v) is 2.55. The summed E-state index contributed by atoms with van der Waals surface area (Å²) in [4.78, 5) is 3.42. The van der Waals surface area contributed by atoms with E-state index < -0.39 is 0 Å². The Labute approximate surface area is 58.9 Å². The van der Waals surface area contributed by atoms with E-state index in [1.54, 1.807) is 5.41 Å². The molecule has 0 heterocycles. The number of halogens is 1. The molecule has 8 heavy (non-hydrogen) atoms. The average molecular weight is 150 g/mol. The molecule has 1 nitrogen and oxygen atoms in total. The highest BCUT2D eigenvalue weighted by molar-refractivity contribution is 8.05. The molecule has 46 valence electrons. The summed E-state index contributed by atoms with van der Waals surface area (Å²) in [6.45, 7) is 7.82. The average Bonchev–Trinajstić information content (AvgIpc) is 1.68. The topological polar surface area (TPSA) is 12.0 Å². The Kier molecular flexibility index (Phi) is 5.27. The van der Waals surface area contributed by atoms with Crippen LogP contribution in [-0.4, -0.2) is 6.54 Å². The molecule has 0 amide bonds. The molecule has 0 bridgehead atoms. The molecule has 0 aliphatic heterocycles. The molecule has 0 saturated carbocycles. The van der Waals surface area contributed by atoms with Gasteiger partial charge in [0.05, 0.1) is 0 Å². The SMILES string of the molecule is C=CSC(=C)CNCl. The number of nitrogens with one attached hydrogen (secondary N) is 1. The standard InChI is InChI=1S/C5H8ClNS/c1-3-8-5(2)4-7-6/h3,7H,1-2,4H2. The Morgan fingerprint density at radius 2 is 2.50 bits per heavy atom. The third-order valence-corrected chi connectivity index (χ3v) is 1.29. The quantitative estimate of drug-likeness (QED) is 0.615. The monoisotopic (exact) mass is 149 g/mol. The van der Waals surface area contributed by atoms with Crippen molar-refractivity contribution in [2.45, 2.75) is 0 Å². The summed E-state index contributed by atoms with van der Waals surface area (Å²) >= 11 is 6.65. The first-order valence-electron chi connectivity index (χ1n) is 2.10. The van der Waals surface area contributed by atoms with E-state index in [1.165, 1.54) is 11.8 Å². The van der Waals surface area contributed by atoms with Crippen LogP contribution < -0.4 is 4.84 Å². The third kappa shape index (κ3) is 4.24. The summed E-state index contributed by atoms with van der Waals surface area (Å²) in [5.74, 6) is 0. The van der Waals surface area contributed by atoms with E-state index in [0.717, 1.165) is 4.91 Å². The predicted octanol–water partition coefficient (Wildman–Crippen LogP) is 2.12. The molecule has 0 saturated heterocycles. The highest BCUT2D eigenvalue weighted by Gasteiger charge is 1.86. The van der Waals surface area contributed by atoms with Crippen LogP contribution in [0.15, 0.2) is 23.5 Å². The summed E-state index contributed by atoms with van der Waals surface area (Å²) in [6.07, 6.45) is 0. The van der Waals surface area contributed by atoms with Crippen molar-refractivity contribution in [2.24, 2.45) is 0 Å². The minimum absolute atomic E-state index is 0.623. The second-order valence-electron chi connectivity index (χ2n) is 1.13. The van der Waals surface area contributed by atoms with Gasteiger partial charge in [-0.25, -0.2) is 4.84 Å². The van der Waals surface area contributed by atoms with Gasteiger partial charge in [0.15, 0.2) is 0 Å². The number of thioether (sulfide) groups is 1. The van der Waals surface area contributed by atoms with Crippen LogP contribution in [0.2, 0.25) is 0 Å². The number of rotatable bonds is 4. The molecule has 0 aliphatic carbocycles. The van der Waals surface area contributed by atoms with Crippen LogP contribution in [0.1, 0.15) is 0 Å². The van der Waals surface area contributed by atoms with Gasteiger partial charge in [-0.1, -0.05) is 13.2 Å². The third-order valence-electron chi connectivity index (χ3n) is 0.514. The molecule has 0 rings (SSSR count). The lowest BCUT2D eigenvalue weighted by Gasteiger charge is -1.95. The largest absolute Gasteiger partial charge is 0.229 e. The Morgan fingerprint density at radius 1 is 1.88 bits per heavy atom. The fraction of sp³-hybridized carbons (Fsp3) is 0.200. The van der Waals surface area contributed by atoms with Crippen LogP contribution in [0.25, 0.3) is 0 Å². The summed E-state index contributed by atoms with van der Waals surface area (Å²) in [6, 6.07) is 0. The Balaban J connectivity index is 3.18. The fourth-order valence-corrected chi connectivity index (χ4v) is 0.866. The number of hydrogen-bond acceptors (Lipinski definition) is 2. The van der Waals surface area contributed by atoms with Crippen molar-refractivity contribution in [1.82, 2.24) is 4.84 Å². The highest BCUT2D eigenvalue weighted by atomic mass is 35.5. The smallest absolute Gasteiger partial charge is 0.0416 e. The van der Waals surface area contributed by atoms with Crippen LogP contribution in [0.3, 0.4) is 0 Å². The maximum atomic E-state index is 5.17. The first-order chi connectivity index (χ1) is 3.81. The van der Waals surface area contributed by atoms with Gasteiger partial charge >= 0.3 is 0 Å². The summed E-state index contributed by atoms with van der Waals surface area (Å²) in [5, 5.41) is 1.72. The lowest BCUT2D eigenvalue weighted by atomic mass is 10.7. The second kappa shape index (κ2) is 5.22. The van der Waals surface area contributed by atoms with Gasteiger partial charge in [-0.2, -0.15) is 0 Å². The van der Waals surface area contributed by atoms with E-state index in [0.29, 0.717) is 6.54 Å². The molecule has 0 aliphatic rings. The van der Waals surface area contributed by atoms with Crippen molar-refractivity contribution in [3.63, 3.8) is 0 Å². The van der Waals surface area contributed by atoms with Gasteiger partial charge in [-0.05, 0) is 22.1 Å². The summed E-state index contributed by atoms with van der Waals surface area (Å²) in [5.41, 5.74) is 0. The summed E-state index contributed by atoms with van der Waals surface area (Å²) < 4.78 is 0. The van der Waals surface area contributed by atoms with Gasteiger partial charge in [0.25, 0.3) is 0 Å². The van der Waals surface area contributed by atoms with Gasteiger partial charge in [-0.15, -0.1) is 11.8 Å². The van der Waals surface area contributed by atoms with Crippen molar-refractivity contribution in [3.05, 3.63) is 23.5 Å². The first kappa shape index (κ1) is 8.08. The zero-order chi connectivity index (χ0) is 6.41. The number of hydrogen-bond donors (Lipinski definition) is 1. The van der Waals surface area contributed by atoms with Gasteiger partial charge in [0, 0.05) is 6.54 Å². The summed E-state index contributed by atoms with van der Waals surface area (Å²) in [7, 11) is 0. The molecule has 0 unspecified atom stereocenters. The molecule has 0 aromatic rings. The minimum Gasteiger partial charge on any atom is -0.229 e. The molecule has 0 atom stereocenters. The molecule has 1 N–H and O–H groups in total.